The van der Waals surface area contributed by atoms with Gasteiger partial charge in [-0.1, -0.05) is 22.0 Å². The topological polar surface area (TPSA) is 63.3 Å². The van der Waals surface area contributed by atoms with Crippen LogP contribution in [0.4, 0.5) is 4.39 Å². The van der Waals surface area contributed by atoms with E-state index >= 15 is 0 Å². The summed E-state index contributed by atoms with van der Waals surface area (Å²) in [6.07, 6.45) is 0.0704. The lowest BCUT2D eigenvalue weighted by atomic mass is 10.0. The fourth-order valence-corrected chi connectivity index (χ4v) is 1.60. The summed E-state index contributed by atoms with van der Waals surface area (Å²) in [5.74, 6) is -1.34. The van der Waals surface area contributed by atoms with Gasteiger partial charge in [-0.3, -0.25) is 4.79 Å². The highest BCUT2D eigenvalue weighted by atomic mass is 79.9. The average molecular weight is 276 g/mol. The molecule has 1 rings (SSSR count). The van der Waals surface area contributed by atoms with Crippen molar-refractivity contribution in [2.75, 3.05) is 0 Å². The average Bonchev–Trinajstić information content (AvgIpc) is 2.08. The van der Waals surface area contributed by atoms with Crippen LogP contribution in [0.15, 0.2) is 22.7 Å². The Morgan fingerprint density at radius 2 is 2.27 bits per heavy atom. The molecule has 0 radical (unpaired) electrons. The molecule has 0 fully saturated rings. The highest BCUT2D eigenvalue weighted by molar-refractivity contribution is 9.10. The zero-order valence-corrected chi connectivity index (χ0v) is 9.50. The van der Waals surface area contributed by atoms with Crippen molar-refractivity contribution in [1.82, 2.24) is 0 Å². The molecule has 1 aromatic rings. The van der Waals surface area contributed by atoms with Gasteiger partial charge in [-0.05, 0) is 24.1 Å². The predicted molar refractivity (Wildman–Crippen MR) is 58.0 cm³/mol. The van der Waals surface area contributed by atoms with Crippen LogP contribution in [0.25, 0.3) is 0 Å². The van der Waals surface area contributed by atoms with E-state index in [-0.39, 0.29) is 18.7 Å². The molecule has 0 bridgehead atoms. The zero-order valence-electron chi connectivity index (χ0n) is 7.91. The number of carbonyl (C=O) groups is 1. The first-order chi connectivity index (χ1) is 6.99. The number of aliphatic carboxylic acids is 1. The lowest BCUT2D eigenvalue weighted by molar-refractivity contribution is -0.137. The summed E-state index contributed by atoms with van der Waals surface area (Å²) in [7, 11) is 0. The summed E-state index contributed by atoms with van der Waals surface area (Å²) >= 11 is 3.14. The summed E-state index contributed by atoms with van der Waals surface area (Å²) in [5.41, 5.74) is 5.99. The second-order valence-corrected chi connectivity index (χ2v) is 4.21. The molecule has 0 aliphatic heterocycles. The Bertz CT molecular complexity index is 370. The Morgan fingerprint density at radius 1 is 1.60 bits per heavy atom. The van der Waals surface area contributed by atoms with Gasteiger partial charge < -0.3 is 10.8 Å². The van der Waals surface area contributed by atoms with E-state index in [0.717, 1.165) is 0 Å². The molecule has 1 atom stereocenters. The van der Waals surface area contributed by atoms with Crippen molar-refractivity contribution in [2.45, 2.75) is 18.9 Å². The summed E-state index contributed by atoms with van der Waals surface area (Å²) in [6.45, 7) is 0. The monoisotopic (exact) mass is 275 g/mol. The van der Waals surface area contributed by atoms with Gasteiger partial charge in [-0.25, -0.2) is 4.39 Å². The molecule has 3 nitrogen and oxygen atoms in total. The number of hydrogen-bond donors (Lipinski definition) is 2. The van der Waals surface area contributed by atoms with Gasteiger partial charge in [0.2, 0.25) is 0 Å². The third-order valence-electron chi connectivity index (χ3n) is 1.93. The minimum atomic E-state index is -0.972. The standard InChI is InChI=1S/C10H11BrFNO2/c11-7-2-1-6(9(12)4-7)3-8(13)5-10(14)15/h1-2,4,8H,3,5,13H2,(H,14,15). The smallest absolute Gasteiger partial charge is 0.304 e. The number of benzene rings is 1. The number of carboxylic acids is 1. The molecular weight excluding hydrogens is 265 g/mol. The Labute approximate surface area is 95.2 Å². The van der Waals surface area contributed by atoms with Crippen molar-refractivity contribution in [2.24, 2.45) is 5.73 Å². The first kappa shape index (κ1) is 12.1. The van der Waals surface area contributed by atoms with E-state index in [1.54, 1.807) is 12.1 Å². The van der Waals surface area contributed by atoms with Crippen LogP contribution in [0, 0.1) is 5.82 Å². The van der Waals surface area contributed by atoms with Gasteiger partial charge in [0.05, 0.1) is 6.42 Å². The third-order valence-corrected chi connectivity index (χ3v) is 2.43. The Kier molecular flexibility index (Phi) is 4.23. The van der Waals surface area contributed by atoms with E-state index in [2.05, 4.69) is 15.9 Å². The van der Waals surface area contributed by atoms with Gasteiger partial charge in [-0.15, -0.1) is 0 Å². The van der Waals surface area contributed by atoms with Crippen molar-refractivity contribution in [3.8, 4) is 0 Å². The van der Waals surface area contributed by atoms with Crippen molar-refractivity contribution in [3.63, 3.8) is 0 Å². The quantitative estimate of drug-likeness (QED) is 0.883. The predicted octanol–water partition coefficient (Wildman–Crippen LogP) is 1.93. The maximum Gasteiger partial charge on any atom is 0.304 e. The molecule has 0 aliphatic rings. The van der Waals surface area contributed by atoms with E-state index in [0.29, 0.717) is 10.0 Å². The molecule has 0 amide bonds. The minimum absolute atomic E-state index is 0.157. The van der Waals surface area contributed by atoms with Gasteiger partial charge in [-0.2, -0.15) is 0 Å². The fraction of sp³-hybridized carbons (Fsp3) is 0.300. The number of carboxylic acid groups (broad SMARTS) is 1. The van der Waals surface area contributed by atoms with Crippen LogP contribution >= 0.6 is 15.9 Å². The lowest BCUT2D eigenvalue weighted by Gasteiger charge is -2.09. The van der Waals surface area contributed by atoms with Gasteiger partial charge in [0.1, 0.15) is 5.82 Å². The SMILES string of the molecule is NC(CC(=O)O)Cc1ccc(Br)cc1F. The molecule has 0 saturated carbocycles. The second kappa shape index (κ2) is 5.23. The van der Waals surface area contributed by atoms with Crippen LogP contribution < -0.4 is 5.73 Å². The molecular formula is C10H11BrFNO2. The Morgan fingerprint density at radius 3 is 2.80 bits per heavy atom. The molecule has 3 N–H and O–H groups in total. The molecule has 0 aromatic heterocycles. The number of nitrogens with two attached hydrogens (primary N) is 1. The molecule has 1 aromatic carbocycles. The number of halogens is 2. The number of rotatable bonds is 4. The summed E-state index contributed by atoms with van der Waals surface area (Å²) in [6, 6.07) is 4.08. The minimum Gasteiger partial charge on any atom is -0.481 e. The normalized spacial score (nSPS) is 12.5. The highest BCUT2D eigenvalue weighted by Crippen LogP contribution is 2.16. The van der Waals surface area contributed by atoms with Gasteiger partial charge in [0.25, 0.3) is 0 Å². The van der Waals surface area contributed by atoms with Crippen molar-refractivity contribution >= 4 is 21.9 Å². The fourth-order valence-electron chi connectivity index (χ4n) is 1.27. The van der Waals surface area contributed by atoms with Crippen LogP contribution in [0.1, 0.15) is 12.0 Å². The number of hydrogen-bond acceptors (Lipinski definition) is 2. The maximum atomic E-state index is 13.3. The second-order valence-electron chi connectivity index (χ2n) is 3.30. The third kappa shape index (κ3) is 3.97. The molecule has 0 heterocycles. The van der Waals surface area contributed by atoms with E-state index in [4.69, 9.17) is 10.8 Å². The Hall–Kier alpha value is -0.940. The zero-order chi connectivity index (χ0) is 11.4. The van der Waals surface area contributed by atoms with E-state index in [9.17, 15) is 9.18 Å². The molecule has 0 spiro atoms. The maximum absolute atomic E-state index is 13.3. The van der Waals surface area contributed by atoms with Crippen LogP contribution in [0.5, 0.6) is 0 Å². The first-order valence-electron chi connectivity index (χ1n) is 4.40. The molecule has 0 aliphatic carbocycles. The van der Waals surface area contributed by atoms with Gasteiger partial charge in [0.15, 0.2) is 0 Å². The van der Waals surface area contributed by atoms with Crippen LogP contribution in [-0.2, 0) is 11.2 Å². The van der Waals surface area contributed by atoms with E-state index in [1.165, 1.54) is 6.07 Å². The van der Waals surface area contributed by atoms with Crippen molar-refractivity contribution < 1.29 is 14.3 Å². The van der Waals surface area contributed by atoms with Crippen molar-refractivity contribution in [3.05, 3.63) is 34.1 Å². The van der Waals surface area contributed by atoms with Crippen molar-refractivity contribution in [1.29, 1.82) is 0 Å². The molecule has 1 unspecified atom stereocenters. The molecule has 15 heavy (non-hydrogen) atoms. The van der Waals surface area contributed by atoms with Gasteiger partial charge >= 0.3 is 5.97 Å². The van der Waals surface area contributed by atoms with Gasteiger partial charge in [0, 0.05) is 10.5 Å². The summed E-state index contributed by atoms with van der Waals surface area (Å²) in [4.78, 5) is 10.4. The van der Waals surface area contributed by atoms with Crippen LogP contribution in [-0.4, -0.2) is 17.1 Å². The molecule has 0 saturated heterocycles. The first-order valence-corrected chi connectivity index (χ1v) is 5.19. The molecule has 5 heteroatoms. The lowest BCUT2D eigenvalue weighted by Crippen LogP contribution is -2.26. The molecule has 82 valence electrons. The highest BCUT2D eigenvalue weighted by Gasteiger charge is 2.11. The Balaban J connectivity index is 2.68. The van der Waals surface area contributed by atoms with E-state index in [1.807, 2.05) is 0 Å². The van der Waals surface area contributed by atoms with Crippen LogP contribution in [0.3, 0.4) is 0 Å². The summed E-state index contributed by atoms with van der Waals surface area (Å²) < 4.78 is 14.0. The van der Waals surface area contributed by atoms with Crippen LogP contribution in [0.2, 0.25) is 0 Å². The van der Waals surface area contributed by atoms with E-state index < -0.39 is 12.0 Å². The largest absolute Gasteiger partial charge is 0.481 e. The summed E-state index contributed by atoms with van der Waals surface area (Å²) in [5, 5.41) is 8.49.